The topological polar surface area (TPSA) is 84.5 Å². The Morgan fingerprint density at radius 1 is 1.20 bits per heavy atom. The summed E-state index contributed by atoms with van der Waals surface area (Å²) in [6.45, 7) is 0. The molecule has 20 heavy (non-hydrogen) atoms. The molecular formula is C13H18N2O4S. The minimum atomic E-state index is -3.31. The van der Waals surface area contributed by atoms with Crippen molar-refractivity contribution >= 4 is 21.6 Å². The molecule has 1 aliphatic carbocycles. The van der Waals surface area contributed by atoms with Gasteiger partial charge in [-0.15, -0.1) is 0 Å². The maximum Gasteiger partial charge on any atom is 0.274 e. The number of carbonyl (C=O) groups excluding carboxylic acids is 1. The predicted molar refractivity (Wildman–Crippen MR) is 75.7 cm³/mol. The van der Waals surface area contributed by atoms with Gasteiger partial charge in [0.05, 0.1) is 12.4 Å². The van der Waals surface area contributed by atoms with E-state index in [2.05, 4.69) is 10.2 Å². The molecule has 0 saturated heterocycles. The summed E-state index contributed by atoms with van der Waals surface area (Å²) in [7, 11) is -3.31. The molecule has 0 aliphatic heterocycles. The molecule has 1 saturated carbocycles. The van der Waals surface area contributed by atoms with Crippen molar-refractivity contribution in [2.45, 2.75) is 31.8 Å². The second-order valence-corrected chi connectivity index (χ2v) is 6.66. The van der Waals surface area contributed by atoms with E-state index >= 15 is 0 Å². The SMILES string of the molecule is CS(=O)(=O)Nc1ccc(C(=O)NOC2CCCC2)cc1. The van der Waals surface area contributed by atoms with E-state index in [1.54, 1.807) is 12.1 Å². The molecule has 6 nitrogen and oxygen atoms in total. The zero-order chi connectivity index (χ0) is 14.6. The summed E-state index contributed by atoms with van der Waals surface area (Å²) in [5.41, 5.74) is 3.27. The first-order valence-electron chi connectivity index (χ1n) is 6.48. The molecule has 0 radical (unpaired) electrons. The number of hydrogen-bond acceptors (Lipinski definition) is 4. The van der Waals surface area contributed by atoms with Gasteiger partial charge in [-0.1, -0.05) is 12.8 Å². The average molecular weight is 298 g/mol. The molecule has 0 bridgehead atoms. The van der Waals surface area contributed by atoms with E-state index in [1.165, 1.54) is 12.1 Å². The van der Waals surface area contributed by atoms with Gasteiger partial charge in [0, 0.05) is 11.3 Å². The normalized spacial score (nSPS) is 16.1. The van der Waals surface area contributed by atoms with Crippen LogP contribution in [0.4, 0.5) is 5.69 Å². The monoisotopic (exact) mass is 298 g/mol. The highest BCUT2D eigenvalue weighted by Gasteiger charge is 2.17. The Morgan fingerprint density at radius 3 is 2.35 bits per heavy atom. The summed E-state index contributed by atoms with van der Waals surface area (Å²) in [6.07, 6.45) is 5.38. The van der Waals surface area contributed by atoms with Gasteiger partial charge in [-0.05, 0) is 37.1 Å². The molecule has 7 heteroatoms. The molecule has 1 aromatic carbocycles. The smallest absolute Gasteiger partial charge is 0.274 e. The third-order valence-electron chi connectivity index (χ3n) is 3.07. The van der Waals surface area contributed by atoms with Crippen molar-refractivity contribution in [2.24, 2.45) is 0 Å². The quantitative estimate of drug-likeness (QED) is 0.810. The van der Waals surface area contributed by atoms with Gasteiger partial charge in [-0.3, -0.25) is 14.4 Å². The van der Waals surface area contributed by atoms with Crippen LogP contribution < -0.4 is 10.2 Å². The Labute approximate surface area is 118 Å². The first-order valence-corrected chi connectivity index (χ1v) is 8.37. The maximum atomic E-state index is 11.8. The van der Waals surface area contributed by atoms with Crippen molar-refractivity contribution in [1.29, 1.82) is 0 Å². The van der Waals surface area contributed by atoms with E-state index < -0.39 is 10.0 Å². The van der Waals surface area contributed by atoms with E-state index in [1.807, 2.05) is 0 Å². The molecule has 1 aliphatic rings. The van der Waals surface area contributed by atoms with E-state index in [9.17, 15) is 13.2 Å². The number of carbonyl (C=O) groups is 1. The van der Waals surface area contributed by atoms with Crippen molar-refractivity contribution in [3.05, 3.63) is 29.8 Å². The highest BCUT2D eigenvalue weighted by molar-refractivity contribution is 7.92. The lowest BCUT2D eigenvalue weighted by Crippen LogP contribution is -2.28. The van der Waals surface area contributed by atoms with Crippen LogP contribution >= 0.6 is 0 Å². The lowest BCUT2D eigenvalue weighted by atomic mass is 10.2. The number of hydrogen-bond donors (Lipinski definition) is 2. The molecule has 0 atom stereocenters. The maximum absolute atomic E-state index is 11.8. The largest absolute Gasteiger partial charge is 0.284 e. The number of benzene rings is 1. The molecular weight excluding hydrogens is 280 g/mol. The van der Waals surface area contributed by atoms with Gasteiger partial charge in [-0.2, -0.15) is 0 Å². The summed E-state index contributed by atoms with van der Waals surface area (Å²) in [4.78, 5) is 17.1. The zero-order valence-electron chi connectivity index (χ0n) is 11.3. The fourth-order valence-electron chi connectivity index (χ4n) is 2.11. The highest BCUT2D eigenvalue weighted by atomic mass is 32.2. The Hall–Kier alpha value is -1.60. The van der Waals surface area contributed by atoms with Gasteiger partial charge < -0.3 is 0 Å². The fourth-order valence-corrected chi connectivity index (χ4v) is 2.67. The Balaban J connectivity index is 1.90. The van der Waals surface area contributed by atoms with Crippen LogP contribution in [0.2, 0.25) is 0 Å². The van der Waals surface area contributed by atoms with Crippen molar-refractivity contribution in [3.8, 4) is 0 Å². The third-order valence-corrected chi connectivity index (χ3v) is 3.68. The number of hydroxylamine groups is 1. The minimum Gasteiger partial charge on any atom is -0.284 e. The molecule has 0 spiro atoms. The summed E-state index contributed by atoms with van der Waals surface area (Å²) < 4.78 is 24.5. The second kappa shape index (κ2) is 6.23. The van der Waals surface area contributed by atoms with Crippen molar-refractivity contribution in [2.75, 3.05) is 11.0 Å². The van der Waals surface area contributed by atoms with Gasteiger partial charge in [0.2, 0.25) is 10.0 Å². The number of rotatable bonds is 5. The molecule has 0 heterocycles. The van der Waals surface area contributed by atoms with Crippen molar-refractivity contribution in [3.63, 3.8) is 0 Å². The van der Waals surface area contributed by atoms with E-state index in [-0.39, 0.29) is 12.0 Å². The molecule has 0 aromatic heterocycles. The van der Waals surface area contributed by atoms with Gasteiger partial charge in [-0.25, -0.2) is 13.9 Å². The summed E-state index contributed by atoms with van der Waals surface area (Å²) in [6, 6.07) is 6.15. The molecule has 1 aromatic rings. The van der Waals surface area contributed by atoms with Crippen LogP contribution in [0.5, 0.6) is 0 Å². The lowest BCUT2D eigenvalue weighted by Gasteiger charge is -2.11. The molecule has 1 amide bonds. The highest BCUT2D eigenvalue weighted by Crippen LogP contribution is 2.20. The second-order valence-electron chi connectivity index (χ2n) is 4.91. The van der Waals surface area contributed by atoms with Crippen LogP contribution in [0, 0.1) is 0 Å². The van der Waals surface area contributed by atoms with Gasteiger partial charge in [0.25, 0.3) is 5.91 Å². The van der Waals surface area contributed by atoms with Crippen molar-refractivity contribution in [1.82, 2.24) is 5.48 Å². The van der Waals surface area contributed by atoms with Crippen LogP contribution in [0.25, 0.3) is 0 Å². The Morgan fingerprint density at radius 2 is 1.80 bits per heavy atom. The average Bonchev–Trinajstić information content (AvgIpc) is 2.88. The number of nitrogens with one attached hydrogen (secondary N) is 2. The molecule has 2 N–H and O–H groups in total. The molecule has 2 rings (SSSR count). The van der Waals surface area contributed by atoms with Crippen LogP contribution in [0.1, 0.15) is 36.0 Å². The number of anilines is 1. The van der Waals surface area contributed by atoms with E-state index in [4.69, 9.17) is 4.84 Å². The first-order chi connectivity index (χ1) is 9.44. The minimum absolute atomic E-state index is 0.102. The van der Waals surface area contributed by atoms with Crippen LogP contribution in [-0.4, -0.2) is 26.7 Å². The lowest BCUT2D eigenvalue weighted by molar-refractivity contribution is -0.0124. The summed E-state index contributed by atoms with van der Waals surface area (Å²) in [5.74, 6) is -0.331. The Bertz CT molecular complexity index is 563. The Kier molecular flexibility index (Phi) is 4.61. The summed E-state index contributed by atoms with van der Waals surface area (Å²) >= 11 is 0. The number of amides is 1. The first kappa shape index (κ1) is 14.8. The summed E-state index contributed by atoms with van der Waals surface area (Å²) in [5, 5.41) is 0. The predicted octanol–water partition coefficient (Wildman–Crippen LogP) is 1.66. The fraction of sp³-hybridized carbons (Fsp3) is 0.462. The van der Waals surface area contributed by atoms with E-state index in [0.717, 1.165) is 31.9 Å². The standard InChI is InChI=1S/C13H18N2O4S/c1-20(17,18)15-11-8-6-10(7-9-11)13(16)14-19-12-4-2-3-5-12/h6-9,12,15H,2-5H2,1H3,(H,14,16). The zero-order valence-corrected chi connectivity index (χ0v) is 12.1. The van der Waals surface area contributed by atoms with Crippen LogP contribution in [0.15, 0.2) is 24.3 Å². The van der Waals surface area contributed by atoms with Gasteiger partial charge >= 0.3 is 0 Å². The molecule has 1 fully saturated rings. The third kappa shape index (κ3) is 4.50. The van der Waals surface area contributed by atoms with E-state index in [0.29, 0.717) is 11.3 Å². The van der Waals surface area contributed by atoms with Gasteiger partial charge in [0.1, 0.15) is 0 Å². The van der Waals surface area contributed by atoms with Crippen LogP contribution in [0.3, 0.4) is 0 Å². The molecule has 0 unspecified atom stereocenters. The van der Waals surface area contributed by atoms with Crippen LogP contribution in [-0.2, 0) is 14.9 Å². The molecule has 110 valence electrons. The van der Waals surface area contributed by atoms with Gasteiger partial charge in [0.15, 0.2) is 0 Å². The van der Waals surface area contributed by atoms with Crippen molar-refractivity contribution < 1.29 is 18.0 Å². The number of sulfonamides is 1.